The molecule has 3 N–H and O–H groups in total. The van der Waals surface area contributed by atoms with Gasteiger partial charge in [0.25, 0.3) is 5.91 Å². The Balaban J connectivity index is 1.99. The molecule has 0 aliphatic rings. The molecule has 1 aromatic carbocycles. The van der Waals surface area contributed by atoms with E-state index in [1.54, 1.807) is 0 Å². The summed E-state index contributed by atoms with van der Waals surface area (Å²) in [6, 6.07) is 11.5. The van der Waals surface area contributed by atoms with Gasteiger partial charge in [-0.05, 0) is 29.0 Å². The number of amides is 1. The first-order valence-electron chi connectivity index (χ1n) is 8.01. The van der Waals surface area contributed by atoms with Crippen LogP contribution in [0.3, 0.4) is 0 Å². The molecule has 0 bridgehead atoms. The number of rotatable bonds is 8. The van der Waals surface area contributed by atoms with Gasteiger partial charge in [0.15, 0.2) is 0 Å². The zero-order valence-corrected chi connectivity index (χ0v) is 14.9. The Bertz CT molecular complexity index is 669. The third-order valence-electron chi connectivity index (χ3n) is 3.49. The zero-order chi connectivity index (χ0) is 17.4. The van der Waals surface area contributed by atoms with Crippen LogP contribution in [0.15, 0.2) is 46.9 Å². The maximum Gasteiger partial charge on any atom is 0.261 e. The summed E-state index contributed by atoms with van der Waals surface area (Å²) in [5.41, 5.74) is 7.90. The minimum absolute atomic E-state index is 0.0923. The van der Waals surface area contributed by atoms with Crippen LogP contribution in [-0.2, 0) is 6.54 Å². The molecule has 0 aliphatic carbocycles. The number of carbonyl (C=O) groups is 1. The van der Waals surface area contributed by atoms with Crippen molar-refractivity contribution < 1.29 is 4.79 Å². The number of nitrogens with zero attached hydrogens (tertiary/aromatic N) is 2. The summed E-state index contributed by atoms with van der Waals surface area (Å²) < 4.78 is 0. The van der Waals surface area contributed by atoms with Crippen molar-refractivity contribution in [1.82, 2.24) is 10.3 Å². The van der Waals surface area contributed by atoms with Crippen molar-refractivity contribution in [2.45, 2.75) is 25.9 Å². The molecule has 0 fully saturated rings. The summed E-state index contributed by atoms with van der Waals surface area (Å²) in [7, 11) is 1.92. The fraction of sp³-hybridized carbons (Fsp3) is 0.333. The number of benzene rings is 1. The predicted octanol–water partition coefficient (Wildman–Crippen LogP) is 3.01. The Kier molecular flexibility index (Phi) is 6.96. The largest absolute Gasteiger partial charge is 0.343 e. The van der Waals surface area contributed by atoms with Crippen LogP contribution in [0.4, 0.5) is 0 Å². The van der Waals surface area contributed by atoms with Gasteiger partial charge in [-0.15, -0.1) is 11.3 Å². The molecule has 1 atom stereocenters. The van der Waals surface area contributed by atoms with Gasteiger partial charge in [-0.1, -0.05) is 37.3 Å². The summed E-state index contributed by atoms with van der Waals surface area (Å²) in [6.07, 6.45) is 2.77. The molecule has 0 saturated carbocycles. The molecule has 0 saturated heterocycles. The fourth-order valence-corrected chi connectivity index (χ4v) is 3.10. The van der Waals surface area contributed by atoms with Crippen LogP contribution in [0.25, 0.3) is 0 Å². The standard InChI is InChI=1S/C18H24N4OS/c1-3-9-20-22(2)12-14-10-17(24-13-14)18(23)21-16(11-19)15-7-5-4-6-8-15/h4-10,13,16H,3,11-12,19H2,1-2H3,(H,21,23)/b20-9-. The molecule has 1 heterocycles. The Labute approximate surface area is 147 Å². The Hall–Kier alpha value is -2.18. The Morgan fingerprint density at radius 3 is 2.83 bits per heavy atom. The van der Waals surface area contributed by atoms with E-state index in [9.17, 15) is 4.79 Å². The van der Waals surface area contributed by atoms with Crippen LogP contribution in [-0.4, -0.2) is 30.7 Å². The van der Waals surface area contributed by atoms with Gasteiger partial charge in [0.05, 0.1) is 17.5 Å². The summed E-state index contributed by atoms with van der Waals surface area (Å²) in [5, 5.41) is 11.1. The van der Waals surface area contributed by atoms with Crippen LogP contribution in [0.1, 0.15) is 40.2 Å². The van der Waals surface area contributed by atoms with E-state index in [0.717, 1.165) is 17.5 Å². The van der Waals surface area contributed by atoms with E-state index in [1.807, 2.05) is 67.0 Å². The average Bonchev–Trinajstić information content (AvgIpc) is 3.07. The first-order valence-corrected chi connectivity index (χ1v) is 8.88. The second-order valence-electron chi connectivity index (χ2n) is 5.51. The van der Waals surface area contributed by atoms with Crippen molar-refractivity contribution in [3.63, 3.8) is 0 Å². The molecule has 2 aromatic rings. The van der Waals surface area contributed by atoms with E-state index >= 15 is 0 Å². The van der Waals surface area contributed by atoms with Crippen molar-refractivity contribution in [2.24, 2.45) is 10.8 Å². The molecule has 5 nitrogen and oxygen atoms in total. The summed E-state index contributed by atoms with van der Waals surface area (Å²) >= 11 is 1.44. The van der Waals surface area contributed by atoms with Crippen LogP contribution in [0.5, 0.6) is 0 Å². The highest BCUT2D eigenvalue weighted by atomic mass is 32.1. The minimum atomic E-state index is -0.180. The minimum Gasteiger partial charge on any atom is -0.343 e. The predicted molar refractivity (Wildman–Crippen MR) is 100 cm³/mol. The molecular formula is C18H24N4OS. The van der Waals surface area contributed by atoms with Gasteiger partial charge in [-0.3, -0.25) is 9.80 Å². The van der Waals surface area contributed by atoms with E-state index in [0.29, 0.717) is 18.0 Å². The number of nitrogens with one attached hydrogen (secondary N) is 1. The van der Waals surface area contributed by atoms with Crippen molar-refractivity contribution in [1.29, 1.82) is 0 Å². The average molecular weight is 344 g/mol. The third kappa shape index (κ3) is 5.18. The second kappa shape index (κ2) is 9.20. The summed E-state index contributed by atoms with van der Waals surface area (Å²) in [4.78, 5) is 13.1. The van der Waals surface area contributed by atoms with Crippen molar-refractivity contribution in [3.05, 3.63) is 57.8 Å². The van der Waals surface area contributed by atoms with Gasteiger partial charge in [-0.25, -0.2) is 0 Å². The summed E-state index contributed by atoms with van der Waals surface area (Å²) in [6.45, 7) is 3.09. The number of hydrazone groups is 1. The molecule has 1 unspecified atom stereocenters. The molecule has 24 heavy (non-hydrogen) atoms. The van der Waals surface area contributed by atoms with Crippen LogP contribution < -0.4 is 11.1 Å². The monoisotopic (exact) mass is 344 g/mol. The molecule has 1 aromatic heterocycles. The van der Waals surface area contributed by atoms with Crippen LogP contribution in [0.2, 0.25) is 0 Å². The lowest BCUT2D eigenvalue weighted by atomic mass is 10.1. The normalized spacial score (nSPS) is 12.3. The number of hydrogen-bond donors (Lipinski definition) is 2. The molecular weight excluding hydrogens is 320 g/mol. The number of carbonyl (C=O) groups excluding carboxylic acids is 1. The van der Waals surface area contributed by atoms with E-state index in [1.165, 1.54) is 11.3 Å². The van der Waals surface area contributed by atoms with Gasteiger partial charge in [0.1, 0.15) is 0 Å². The summed E-state index contributed by atoms with van der Waals surface area (Å²) in [5.74, 6) is -0.0923. The molecule has 0 spiro atoms. The highest BCUT2D eigenvalue weighted by molar-refractivity contribution is 7.12. The van der Waals surface area contributed by atoms with Crippen LogP contribution in [0, 0.1) is 0 Å². The van der Waals surface area contributed by atoms with Crippen molar-refractivity contribution in [3.8, 4) is 0 Å². The van der Waals surface area contributed by atoms with E-state index in [-0.39, 0.29) is 11.9 Å². The fourth-order valence-electron chi connectivity index (χ4n) is 2.30. The quantitative estimate of drug-likeness (QED) is 0.571. The molecule has 6 heteroatoms. The highest BCUT2D eigenvalue weighted by Gasteiger charge is 2.16. The number of hydrogen-bond acceptors (Lipinski definition) is 5. The second-order valence-corrected chi connectivity index (χ2v) is 6.42. The first kappa shape index (κ1) is 18.2. The van der Waals surface area contributed by atoms with Gasteiger partial charge in [0.2, 0.25) is 0 Å². The SMILES string of the molecule is CC/C=N\N(C)Cc1csc(C(=O)NC(CN)c2ccccc2)c1. The van der Waals surface area contributed by atoms with Crippen molar-refractivity contribution in [2.75, 3.05) is 13.6 Å². The maximum atomic E-state index is 12.5. The molecule has 128 valence electrons. The van der Waals surface area contributed by atoms with E-state index < -0.39 is 0 Å². The van der Waals surface area contributed by atoms with Crippen LogP contribution >= 0.6 is 11.3 Å². The number of nitrogens with two attached hydrogens (primary N) is 1. The third-order valence-corrected chi connectivity index (χ3v) is 4.47. The Morgan fingerprint density at radius 1 is 1.42 bits per heavy atom. The molecule has 2 rings (SSSR count). The molecule has 1 amide bonds. The highest BCUT2D eigenvalue weighted by Crippen LogP contribution is 2.18. The first-order chi connectivity index (χ1) is 11.6. The van der Waals surface area contributed by atoms with Crippen molar-refractivity contribution >= 4 is 23.5 Å². The maximum absolute atomic E-state index is 12.5. The van der Waals surface area contributed by atoms with E-state index in [2.05, 4.69) is 10.4 Å². The van der Waals surface area contributed by atoms with E-state index in [4.69, 9.17) is 5.73 Å². The molecule has 0 radical (unpaired) electrons. The topological polar surface area (TPSA) is 70.7 Å². The zero-order valence-electron chi connectivity index (χ0n) is 14.1. The lowest BCUT2D eigenvalue weighted by molar-refractivity contribution is 0.0942. The van der Waals surface area contributed by atoms with Gasteiger partial charge in [-0.2, -0.15) is 5.10 Å². The number of thiophene rings is 1. The smallest absolute Gasteiger partial charge is 0.261 e. The lowest BCUT2D eigenvalue weighted by Crippen LogP contribution is -2.32. The van der Waals surface area contributed by atoms with Gasteiger partial charge < -0.3 is 11.1 Å². The molecule has 0 aliphatic heterocycles. The lowest BCUT2D eigenvalue weighted by Gasteiger charge is -2.16. The van der Waals surface area contributed by atoms with Gasteiger partial charge in [0, 0.05) is 19.8 Å². The van der Waals surface area contributed by atoms with Gasteiger partial charge >= 0.3 is 0 Å². The Morgan fingerprint density at radius 2 is 2.17 bits per heavy atom.